The Kier molecular flexibility index (Phi) is 4.61. The molecule has 2 aromatic rings. The number of aryl methyl sites for hydroxylation is 1. The molecule has 2 amide bonds. The van der Waals surface area contributed by atoms with Crippen LogP contribution in [0.25, 0.3) is 0 Å². The number of para-hydroxylation sites is 1. The summed E-state index contributed by atoms with van der Waals surface area (Å²) in [6.45, 7) is 6.09. The molecule has 0 aromatic heterocycles. The molecule has 2 aromatic carbocycles. The predicted octanol–water partition coefficient (Wildman–Crippen LogP) is 3.47. The molecule has 22 heavy (non-hydrogen) atoms. The van der Waals surface area contributed by atoms with E-state index >= 15 is 0 Å². The molecule has 4 nitrogen and oxygen atoms in total. The molecule has 0 unspecified atom stereocenters. The lowest BCUT2D eigenvalue weighted by Gasteiger charge is -2.17. The van der Waals surface area contributed by atoms with E-state index in [0.717, 1.165) is 16.8 Å². The van der Waals surface area contributed by atoms with E-state index in [9.17, 15) is 9.59 Å². The molecular formula is C18H20N2O2. The molecule has 0 saturated heterocycles. The lowest BCUT2D eigenvalue weighted by Crippen LogP contribution is -2.21. The molecule has 0 aliphatic carbocycles. The number of hydrogen-bond acceptors (Lipinski definition) is 2. The standard InChI is InChI=1S/C18H20N2O2/c1-11(2)13-10-6-7-12(3)16(13)20-18(22)15-9-5-4-8-14(15)17(19)21/h4-11H,1-3H3,(H2,19,21)(H,20,22). The SMILES string of the molecule is Cc1cccc(C(C)C)c1NC(=O)c1ccccc1C(N)=O. The largest absolute Gasteiger partial charge is 0.366 e. The molecule has 0 radical (unpaired) electrons. The molecule has 0 aliphatic rings. The van der Waals surface area contributed by atoms with Crippen LogP contribution in [-0.2, 0) is 0 Å². The third-order valence-corrected chi connectivity index (χ3v) is 3.60. The molecule has 0 fully saturated rings. The summed E-state index contributed by atoms with van der Waals surface area (Å²) >= 11 is 0. The fraction of sp³-hybridized carbons (Fsp3) is 0.222. The number of nitrogens with two attached hydrogens (primary N) is 1. The quantitative estimate of drug-likeness (QED) is 0.906. The summed E-state index contributed by atoms with van der Waals surface area (Å²) in [6, 6.07) is 12.5. The van der Waals surface area contributed by atoms with Crippen LogP contribution < -0.4 is 11.1 Å². The first kappa shape index (κ1) is 15.8. The van der Waals surface area contributed by atoms with Crippen LogP contribution in [0, 0.1) is 6.92 Å². The zero-order valence-corrected chi connectivity index (χ0v) is 13.0. The number of carbonyl (C=O) groups excluding carboxylic acids is 2. The molecule has 4 heteroatoms. The van der Waals surface area contributed by atoms with E-state index in [1.807, 2.05) is 25.1 Å². The van der Waals surface area contributed by atoms with Gasteiger partial charge >= 0.3 is 0 Å². The van der Waals surface area contributed by atoms with E-state index < -0.39 is 5.91 Å². The van der Waals surface area contributed by atoms with E-state index in [4.69, 9.17) is 5.73 Å². The Morgan fingerprint density at radius 2 is 1.64 bits per heavy atom. The molecule has 0 spiro atoms. The molecule has 0 atom stereocenters. The Hall–Kier alpha value is -2.62. The van der Waals surface area contributed by atoms with Gasteiger partial charge in [0.2, 0.25) is 5.91 Å². The van der Waals surface area contributed by atoms with E-state index in [2.05, 4.69) is 19.2 Å². The molecule has 114 valence electrons. The van der Waals surface area contributed by atoms with Crippen molar-refractivity contribution in [3.05, 3.63) is 64.7 Å². The van der Waals surface area contributed by atoms with Crippen molar-refractivity contribution in [2.75, 3.05) is 5.32 Å². The average Bonchev–Trinajstić information content (AvgIpc) is 2.48. The number of hydrogen-bond donors (Lipinski definition) is 2. The summed E-state index contributed by atoms with van der Waals surface area (Å²) in [4.78, 5) is 24.0. The maximum atomic E-state index is 12.5. The van der Waals surface area contributed by atoms with Crippen molar-refractivity contribution in [2.24, 2.45) is 5.73 Å². The Bertz CT molecular complexity index is 721. The van der Waals surface area contributed by atoms with Crippen LogP contribution in [-0.4, -0.2) is 11.8 Å². The van der Waals surface area contributed by atoms with Gasteiger partial charge in [0.05, 0.1) is 11.1 Å². The van der Waals surface area contributed by atoms with Crippen LogP contribution in [0.2, 0.25) is 0 Å². The zero-order chi connectivity index (χ0) is 16.3. The molecule has 2 rings (SSSR count). The normalized spacial score (nSPS) is 10.5. The fourth-order valence-corrected chi connectivity index (χ4v) is 2.42. The molecule has 3 N–H and O–H groups in total. The minimum absolute atomic E-state index is 0.222. The second-order valence-electron chi connectivity index (χ2n) is 5.56. The van der Waals surface area contributed by atoms with Gasteiger partial charge in [-0.15, -0.1) is 0 Å². The van der Waals surface area contributed by atoms with Crippen molar-refractivity contribution < 1.29 is 9.59 Å². The van der Waals surface area contributed by atoms with Crippen LogP contribution in [0.4, 0.5) is 5.69 Å². The highest BCUT2D eigenvalue weighted by Gasteiger charge is 2.17. The minimum Gasteiger partial charge on any atom is -0.366 e. The van der Waals surface area contributed by atoms with Crippen molar-refractivity contribution in [1.82, 2.24) is 0 Å². The third kappa shape index (κ3) is 3.17. The van der Waals surface area contributed by atoms with Crippen molar-refractivity contribution in [2.45, 2.75) is 26.7 Å². The van der Waals surface area contributed by atoms with Crippen molar-refractivity contribution in [3.8, 4) is 0 Å². The van der Waals surface area contributed by atoms with Gasteiger partial charge in [-0.3, -0.25) is 9.59 Å². The first-order valence-corrected chi connectivity index (χ1v) is 7.21. The molecule has 0 saturated carbocycles. The molecule has 0 heterocycles. The van der Waals surface area contributed by atoms with Gasteiger partial charge in [-0.05, 0) is 36.1 Å². The summed E-state index contributed by atoms with van der Waals surface area (Å²) < 4.78 is 0. The molecule has 0 bridgehead atoms. The van der Waals surface area contributed by atoms with E-state index in [0.29, 0.717) is 0 Å². The number of carbonyl (C=O) groups is 2. The van der Waals surface area contributed by atoms with Gasteiger partial charge in [0, 0.05) is 5.69 Å². The number of rotatable bonds is 4. The smallest absolute Gasteiger partial charge is 0.256 e. The van der Waals surface area contributed by atoms with Gasteiger partial charge in [0.1, 0.15) is 0 Å². The Labute approximate surface area is 130 Å². The van der Waals surface area contributed by atoms with Gasteiger partial charge in [0.15, 0.2) is 0 Å². The highest BCUT2D eigenvalue weighted by atomic mass is 16.2. The van der Waals surface area contributed by atoms with Crippen LogP contribution >= 0.6 is 0 Å². The first-order valence-electron chi connectivity index (χ1n) is 7.21. The van der Waals surface area contributed by atoms with Crippen LogP contribution in [0.1, 0.15) is 51.6 Å². The predicted molar refractivity (Wildman–Crippen MR) is 88.2 cm³/mol. The van der Waals surface area contributed by atoms with Gasteiger partial charge < -0.3 is 11.1 Å². The lowest BCUT2D eigenvalue weighted by atomic mass is 9.97. The molecule has 0 aliphatic heterocycles. The zero-order valence-electron chi connectivity index (χ0n) is 13.0. The first-order chi connectivity index (χ1) is 10.4. The topological polar surface area (TPSA) is 72.2 Å². The maximum Gasteiger partial charge on any atom is 0.256 e. The van der Waals surface area contributed by atoms with Gasteiger partial charge in [0.25, 0.3) is 5.91 Å². The van der Waals surface area contributed by atoms with E-state index in [-0.39, 0.29) is 23.0 Å². The third-order valence-electron chi connectivity index (χ3n) is 3.60. The average molecular weight is 296 g/mol. The van der Waals surface area contributed by atoms with Crippen LogP contribution in [0.15, 0.2) is 42.5 Å². The number of primary amides is 1. The monoisotopic (exact) mass is 296 g/mol. The lowest BCUT2D eigenvalue weighted by molar-refractivity contribution is 0.0977. The number of benzene rings is 2. The summed E-state index contributed by atoms with van der Waals surface area (Å²) in [6.07, 6.45) is 0. The van der Waals surface area contributed by atoms with E-state index in [1.54, 1.807) is 24.3 Å². The Morgan fingerprint density at radius 1 is 1.00 bits per heavy atom. The Morgan fingerprint density at radius 3 is 2.23 bits per heavy atom. The van der Waals surface area contributed by atoms with Crippen molar-refractivity contribution in [1.29, 1.82) is 0 Å². The molecular weight excluding hydrogens is 276 g/mol. The van der Waals surface area contributed by atoms with Gasteiger partial charge in [-0.2, -0.15) is 0 Å². The summed E-state index contributed by atoms with van der Waals surface area (Å²) in [5, 5.41) is 2.92. The Balaban J connectivity index is 2.41. The number of anilines is 1. The fourth-order valence-electron chi connectivity index (χ4n) is 2.42. The summed E-state index contributed by atoms with van der Waals surface area (Å²) in [5.74, 6) is -0.660. The maximum absolute atomic E-state index is 12.5. The highest BCUT2D eigenvalue weighted by molar-refractivity contribution is 6.12. The minimum atomic E-state index is -0.611. The van der Waals surface area contributed by atoms with Gasteiger partial charge in [-0.1, -0.05) is 44.2 Å². The second kappa shape index (κ2) is 6.43. The summed E-state index contributed by atoms with van der Waals surface area (Å²) in [7, 11) is 0. The number of amides is 2. The highest BCUT2D eigenvalue weighted by Crippen LogP contribution is 2.28. The van der Waals surface area contributed by atoms with Crippen molar-refractivity contribution in [3.63, 3.8) is 0 Å². The summed E-state index contributed by atoms with van der Waals surface area (Å²) in [5.41, 5.74) is 8.68. The second-order valence-corrected chi connectivity index (χ2v) is 5.56. The van der Waals surface area contributed by atoms with Crippen LogP contribution in [0.5, 0.6) is 0 Å². The van der Waals surface area contributed by atoms with Crippen LogP contribution in [0.3, 0.4) is 0 Å². The van der Waals surface area contributed by atoms with E-state index in [1.165, 1.54) is 0 Å². The van der Waals surface area contributed by atoms with Crippen molar-refractivity contribution >= 4 is 17.5 Å². The number of nitrogens with one attached hydrogen (secondary N) is 1. The van der Waals surface area contributed by atoms with Gasteiger partial charge in [-0.25, -0.2) is 0 Å².